The summed E-state index contributed by atoms with van der Waals surface area (Å²) < 4.78 is 0. The molecule has 0 saturated heterocycles. The fourth-order valence-electron chi connectivity index (χ4n) is 1.37. The highest BCUT2D eigenvalue weighted by molar-refractivity contribution is 14.0. The molecule has 110 valence electrons. The molecule has 1 aromatic rings. The van der Waals surface area contributed by atoms with Crippen LogP contribution in [0.2, 0.25) is 0 Å². The third-order valence-corrected chi connectivity index (χ3v) is 3.47. The standard InChI is InChI=1S/C13H24N4S.HI/c1-5-11-8-15-12(18-11)9-17-13(14-6-2)16-7-10(3)4;/h8,10H,5-7,9H2,1-4H3,(H2,14,16,17);1H. The smallest absolute Gasteiger partial charge is 0.191 e. The molecule has 0 atom stereocenters. The molecule has 1 heterocycles. The largest absolute Gasteiger partial charge is 0.357 e. The molecular weight excluding hydrogens is 371 g/mol. The molecular formula is C13H25IN4S. The first-order valence-corrected chi connectivity index (χ1v) is 7.43. The molecule has 0 spiro atoms. The van der Waals surface area contributed by atoms with E-state index in [1.807, 2.05) is 6.20 Å². The van der Waals surface area contributed by atoms with Gasteiger partial charge in [0.25, 0.3) is 0 Å². The van der Waals surface area contributed by atoms with E-state index < -0.39 is 0 Å². The summed E-state index contributed by atoms with van der Waals surface area (Å²) in [6.07, 6.45) is 3.00. The topological polar surface area (TPSA) is 49.3 Å². The van der Waals surface area contributed by atoms with Gasteiger partial charge in [-0.15, -0.1) is 35.3 Å². The molecule has 0 aromatic carbocycles. The SMILES string of the molecule is CCNC(=NCc1ncc(CC)s1)NCC(C)C.I. The lowest BCUT2D eigenvalue weighted by molar-refractivity contribution is 0.615. The summed E-state index contributed by atoms with van der Waals surface area (Å²) in [5.74, 6) is 1.49. The van der Waals surface area contributed by atoms with Crippen LogP contribution in [0.5, 0.6) is 0 Å². The van der Waals surface area contributed by atoms with E-state index in [-0.39, 0.29) is 24.0 Å². The second kappa shape index (κ2) is 10.4. The van der Waals surface area contributed by atoms with Crippen molar-refractivity contribution in [3.8, 4) is 0 Å². The molecule has 0 fully saturated rings. The van der Waals surface area contributed by atoms with E-state index in [0.29, 0.717) is 12.5 Å². The number of aliphatic imine (C=N–C) groups is 1. The minimum Gasteiger partial charge on any atom is -0.357 e. The fraction of sp³-hybridized carbons (Fsp3) is 0.692. The molecule has 6 heteroatoms. The number of thiazole rings is 1. The maximum absolute atomic E-state index is 4.55. The highest BCUT2D eigenvalue weighted by Crippen LogP contribution is 2.13. The number of nitrogens with one attached hydrogen (secondary N) is 2. The van der Waals surface area contributed by atoms with Crippen LogP contribution in [0, 0.1) is 5.92 Å². The van der Waals surface area contributed by atoms with Gasteiger partial charge in [0.15, 0.2) is 5.96 Å². The van der Waals surface area contributed by atoms with Gasteiger partial charge in [0.2, 0.25) is 0 Å². The van der Waals surface area contributed by atoms with Gasteiger partial charge in [-0.1, -0.05) is 20.8 Å². The maximum Gasteiger partial charge on any atom is 0.191 e. The van der Waals surface area contributed by atoms with Gasteiger partial charge in [-0.3, -0.25) is 0 Å². The van der Waals surface area contributed by atoms with Crippen molar-refractivity contribution >= 4 is 41.3 Å². The molecule has 0 radical (unpaired) electrons. The van der Waals surface area contributed by atoms with Gasteiger partial charge in [0.1, 0.15) is 5.01 Å². The van der Waals surface area contributed by atoms with Gasteiger partial charge in [-0.25, -0.2) is 9.98 Å². The number of aromatic nitrogens is 1. The highest BCUT2D eigenvalue weighted by atomic mass is 127. The summed E-state index contributed by atoms with van der Waals surface area (Å²) in [5.41, 5.74) is 0. The number of nitrogens with zero attached hydrogens (tertiary/aromatic N) is 2. The molecule has 1 rings (SSSR count). The van der Waals surface area contributed by atoms with Crippen molar-refractivity contribution in [2.45, 2.75) is 40.7 Å². The van der Waals surface area contributed by atoms with Crippen molar-refractivity contribution in [3.63, 3.8) is 0 Å². The lowest BCUT2D eigenvalue weighted by Crippen LogP contribution is -2.39. The second-order valence-electron chi connectivity index (χ2n) is 4.54. The monoisotopic (exact) mass is 396 g/mol. The molecule has 2 N–H and O–H groups in total. The van der Waals surface area contributed by atoms with E-state index in [1.165, 1.54) is 4.88 Å². The maximum atomic E-state index is 4.55. The van der Waals surface area contributed by atoms with Crippen LogP contribution in [0.25, 0.3) is 0 Å². The van der Waals surface area contributed by atoms with Crippen LogP contribution in [-0.2, 0) is 13.0 Å². The first kappa shape index (κ1) is 18.6. The first-order valence-electron chi connectivity index (χ1n) is 6.61. The van der Waals surface area contributed by atoms with Crippen LogP contribution in [0.3, 0.4) is 0 Å². The average molecular weight is 396 g/mol. The number of halogens is 1. The average Bonchev–Trinajstić information content (AvgIpc) is 2.80. The number of hydrogen-bond acceptors (Lipinski definition) is 3. The van der Waals surface area contributed by atoms with Crippen LogP contribution >= 0.6 is 35.3 Å². The normalized spacial score (nSPS) is 11.3. The van der Waals surface area contributed by atoms with Crippen molar-refractivity contribution < 1.29 is 0 Å². The second-order valence-corrected chi connectivity index (χ2v) is 5.74. The Morgan fingerprint density at radius 1 is 1.37 bits per heavy atom. The molecule has 4 nitrogen and oxygen atoms in total. The molecule has 0 aliphatic heterocycles. The lowest BCUT2D eigenvalue weighted by Gasteiger charge is -2.12. The molecule has 0 bridgehead atoms. The summed E-state index contributed by atoms with van der Waals surface area (Å²) in [7, 11) is 0. The van der Waals surface area contributed by atoms with Crippen molar-refractivity contribution in [2.24, 2.45) is 10.9 Å². The van der Waals surface area contributed by atoms with Crippen LogP contribution in [0.4, 0.5) is 0 Å². The van der Waals surface area contributed by atoms with Gasteiger partial charge in [0, 0.05) is 24.2 Å². The van der Waals surface area contributed by atoms with E-state index in [2.05, 4.69) is 48.3 Å². The summed E-state index contributed by atoms with van der Waals surface area (Å²) in [6.45, 7) is 11.1. The van der Waals surface area contributed by atoms with Crippen molar-refractivity contribution in [3.05, 3.63) is 16.1 Å². The number of rotatable bonds is 6. The van der Waals surface area contributed by atoms with Crippen molar-refractivity contribution in [1.82, 2.24) is 15.6 Å². The zero-order valence-electron chi connectivity index (χ0n) is 12.2. The molecule has 19 heavy (non-hydrogen) atoms. The highest BCUT2D eigenvalue weighted by Gasteiger charge is 2.02. The molecule has 0 saturated carbocycles. The van der Waals surface area contributed by atoms with Crippen LogP contribution in [0.15, 0.2) is 11.2 Å². The predicted molar refractivity (Wildman–Crippen MR) is 94.6 cm³/mol. The molecule has 0 amide bonds. The van der Waals surface area contributed by atoms with Crippen molar-refractivity contribution in [2.75, 3.05) is 13.1 Å². The third kappa shape index (κ3) is 7.71. The summed E-state index contributed by atoms with van der Waals surface area (Å²) in [6, 6.07) is 0. The Morgan fingerprint density at radius 3 is 2.63 bits per heavy atom. The van der Waals surface area contributed by atoms with E-state index in [4.69, 9.17) is 0 Å². The molecule has 0 unspecified atom stereocenters. The zero-order valence-corrected chi connectivity index (χ0v) is 15.3. The van der Waals surface area contributed by atoms with E-state index in [1.54, 1.807) is 11.3 Å². The first-order chi connectivity index (χ1) is 8.65. The number of aryl methyl sites for hydroxylation is 1. The Morgan fingerprint density at radius 2 is 2.11 bits per heavy atom. The minimum atomic E-state index is 0. The Labute approximate surface area is 137 Å². The van der Waals surface area contributed by atoms with Gasteiger partial charge in [0.05, 0.1) is 6.54 Å². The van der Waals surface area contributed by atoms with Gasteiger partial charge < -0.3 is 10.6 Å². The number of guanidine groups is 1. The lowest BCUT2D eigenvalue weighted by atomic mass is 10.2. The fourth-order valence-corrected chi connectivity index (χ4v) is 2.16. The van der Waals surface area contributed by atoms with E-state index in [0.717, 1.165) is 30.5 Å². The van der Waals surface area contributed by atoms with E-state index >= 15 is 0 Å². The van der Waals surface area contributed by atoms with Crippen LogP contribution < -0.4 is 10.6 Å². The zero-order chi connectivity index (χ0) is 13.4. The van der Waals surface area contributed by atoms with Gasteiger partial charge in [-0.2, -0.15) is 0 Å². The Balaban J connectivity index is 0.00000324. The molecule has 0 aliphatic rings. The molecule has 0 aliphatic carbocycles. The van der Waals surface area contributed by atoms with Crippen LogP contribution in [0.1, 0.15) is 37.6 Å². The Kier molecular flexibility index (Phi) is 10.2. The van der Waals surface area contributed by atoms with Gasteiger partial charge in [-0.05, 0) is 19.3 Å². The summed E-state index contributed by atoms with van der Waals surface area (Å²) in [5, 5.41) is 7.65. The Hall–Kier alpha value is -0.370. The third-order valence-electron chi connectivity index (χ3n) is 2.34. The number of hydrogen-bond donors (Lipinski definition) is 2. The van der Waals surface area contributed by atoms with E-state index in [9.17, 15) is 0 Å². The Bertz CT molecular complexity index is 376. The summed E-state index contributed by atoms with van der Waals surface area (Å²) in [4.78, 5) is 10.2. The van der Waals surface area contributed by atoms with Gasteiger partial charge >= 0.3 is 0 Å². The molecule has 1 aromatic heterocycles. The minimum absolute atomic E-state index is 0. The quantitative estimate of drug-likeness (QED) is 0.442. The van der Waals surface area contributed by atoms with Crippen LogP contribution in [-0.4, -0.2) is 24.0 Å². The summed E-state index contributed by atoms with van der Waals surface area (Å²) >= 11 is 1.74. The van der Waals surface area contributed by atoms with Crippen molar-refractivity contribution in [1.29, 1.82) is 0 Å². The predicted octanol–water partition coefficient (Wildman–Crippen LogP) is 3.03.